The van der Waals surface area contributed by atoms with E-state index in [-0.39, 0.29) is 33.3 Å². The third-order valence-corrected chi connectivity index (χ3v) is 4.37. The predicted octanol–water partition coefficient (Wildman–Crippen LogP) is 1.87. The Morgan fingerprint density at radius 1 is 1.17 bits per heavy atom. The van der Waals surface area contributed by atoms with Crippen LogP contribution in [0.25, 0.3) is 0 Å². The van der Waals surface area contributed by atoms with Gasteiger partial charge in [0.05, 0.1) is 15.6 Å². The van der Waals surface area contributed by atoms with Crippen LogP contribution < -0.4 is 5.73 Å². The Labute approximate surface area is 143 Å². The highest BCUT2D eigenvalue weighted by Crippen LogP contribution is 2.25. The maximum atomic E-state index is 12.0. The molecule has 0 atom stereocenters. The van der Waals surface area contributed by atoms with E-state index in [0.717, 1.165) is 0 Å². The molecular formula is C15H16Cl2N2O4. The molecule has 1 heterocycles. The van der Waals surface area contributed by atoms with Crippen molar-refractivity contribution in [2.45, 2.75) is 12.8 Å². The van der Waals surface area contributed by atoms with Crippen molar-refractivity contribution in [1.82, 2.24) is 4.90 Å². The maximum absolute atomic E-state index is 12.0. The number of esters is 1. The largest absolute Gasteiger partial charge is 0.452 e. The van der Waals surface area contributed by atoms with Crippen molar-refractivity contribution in [2.75, 3.05) is 19.7 Å². The molecule has 0 aromatic heterocycles. The average Bonchev–Trinajstić information content (AvgIpc) is 2.52. The summed E-state index contributed by atoms with van der Waals surface area (Å²) in [5.41, 5.74) is 5.28. The number of carbonyl (C=O) groups excluding carboxylic acids is 3. The number of primary amides is 1. The summed E-state index contributed by atoms with van der Waals surface area (Å²) in [5.74, 6) is -1.63. The molecule has 1 aromatic carbocycles. The summed E-state index contributed by atoms with van der Waals surface area (Å²) < 4.78 is 4.99. The number of piperidine rings is 1. The first-order valence-electron chi connectivity index (χ1n) is 7.08. The van der Waals surface area contributed by atoms with Gasteiger partial charge in [-0.15, -0.1) is 0 Å². The van der Waals surface area contributed by atoms with E-state index in [0.29, 0.717) is 25.9 Å². The summed E-state index contributed by atoms with van der Waals surface area (Å²) in [7, 11) is 0. The first-order valence-corrected chi connectivity index (χ1v) is 7.84. The van der Waals surface area contributed by atoms with E-state index in [9.17, 15) is 14.4 Å². The number of benzene rings is 1. The number of hydrogen-bond acceptors (Lipinski definition) is 4. The topological polar surface area (TPSA) is 89.7 Å². The van der Waals surface area contributed by atoms with Crippen LogP contribution in [0.15, 0.2) is 18.2 Å². The van der Waals surface area contributed by atoms with Crippen LogP contribution in [0.4, 0.5) is 0 Å². The van der Waals surface area contributed by atoms with Crippen LogP contribution in [0, 0.1) is 5.92 Å². The molecule has 1 aliphatic heterocycles. The number of carbonyl (C=O) groups is 3. The van der Waals surface area contributed by atoms with E-state index in [2.05, 4.69) is 0 Å². The number of ether oxygens (including phenoxy) is 1. The van der Waals surface area contributed by atoms with E-state index in [1.54, 1.807) is 11.0 Å². The van der Waals surface area contributed by atoms with E-state index >= 15 is 0 Å². The molecule has 2 rings (SSSR count). The number of likely N-dealkylation sites (tertiary alicyclic amines) is 1. The highest BCUT2D eigenvalue weighted by atomic mass is 35.5. The van der Waals surface area contributed by atoms with Gasteiger partial charge in [-0.25, -0.2) is 4.79 Å². The Morgan fingerprint density at radius 2 is 1.74 bits per heavy atom. The Morgan fingerprint density at radius 3 is 2.26 bits per heavy atom. The molecule has 2 amide bonds. The molecule has 124 valence electrons. The van der Waals surface area contributed by atoms with Crippen LogP contribution >= 0.6 is 23.2 Å². The smallest absolute Gasteiger partial charge is 0.341 e. The van der Waals surface area contributed by atoms with Gasteiger partial charge in [0.2, 0.25) is 5.91 Å². The fourth-order valence-corrected chi connectivity index (χ4v) is 2.95. The molecule has 2 N–H and O–H groups in total. The van der Waals surface area contributed by atoms with Crippen molar-refractivity contribution in [1.29, 1.82) is 0 Å². The van der Waals surface area contributed by atoms with E-state index in [4.69, 9.17) is 33.7 Å². The zero-order valence-corrected chi connectivity index (χ0v) is 13.8. The molecule has 0 spiro atoms. The minimum absolute atomic E-state index is 0.0380. The lowest BCUT2D eigenvalue weighted by Gasteiger charge is -2.30. The summed E-state index contributed by atoms with van der Waals surface area (Å²) in [6.45, 7) is 0.426. The average molecular weight is 359 g/mol. The molecule has 1 fully saturated rings. The monoisotopic (exact) mass is 358 g/mol. The zero-order chi connectivity index (χ0) is 17.0. The lowest BCUT2D eigenvalue weighted by Crippen LogP contribution is -2.43. The molecule has 1 aliphatic rings. The van der Waals surface area contributed by atoms with Crippen LogP contribution in [0.3, 0.4) is 0 Å². The molecule has 23 heavy (non-hydrogen) atoms. The molecule has 1 saturated heterocycles. The fraction of sp³-hybridized carbons (Fsp3) is 0.400. The molecule has 1 aromatic rings. The zero-order valence-electron chi connectivity index (χ0n) is 12.3. The summed E-state index contributed by atoms with van der Waals surface area (Å²) in [4.78, 5) is 36.7. The molecule has 0 bridgehead atoms. The van der Waals surface area contributed by atoms with Crippen LogP contribution in [-0.2, 0) is 14.3 Å². The van der Waals surface area contributed by atoms with Gasteiger partial charge < -0.3 is 15.4 Å². The Hall–Kier alpha value is -1.79. The summed E-state index contributed by atoms with van der Waals surface area (Å²) in [6, 6.07) is 4.64. The van der Waals surface area contributed by atoms with Gasteiger partial charge in [0.15, 0.2) is 6.61 Å². The number of hydrogen-bond donors (Lipinski definition) is 1. The highest BCUT2D eigenvalue weighted by molar-refractivity contribution is 6.39. The second-order valence-corrected chi connectivity index (χ2v) is 6.04. The Bertz CT molecular complexity index is 608. The molecule has 0 unspecified atom stereocenters. The van der Waals surface area contributed by atoms with Gasteiger partial charge in [0.1, 0.15) is 0 Å². The van der Waals surface area contributed by atoms with E-state index < -0.39 is 12.6 Å². The van der Waals surface area contributed by atoms with Gasteiger partial charge in [-0.3, -0.25) is 9.59 Å². The van der Waals surface area contributed by atoms with Gasteiger partial charge in [-0.2, -0.15) is 0 Å². The summed E-state index contributed by atoms with van der Waals surface area (Å²) in [6.07, 6.45) is 1.04. The van der Waals surface area contributed by atoms with Crippen molar-refractivity contribution < 1.29 is 19.1 Å². The van der Waals surface area contributed by atoms with Gasteiger partial charge in [0, 0.05) is 19.0 Å². The minimum atomic E-state index is -0.749. The predicted molar refractivity (Wildman–Crippen MR) is 85.2 cm³/mol. The van der Waals surface area contributed by atoms with Gasteiger partial charge in [-0.1, -0.05) is 29.3 Å². The summed E-state index contributed by atoms with van der Waals surface area (Å²) >= 11 is 11.8. The standard InChI is InChI=1S/C15H16Cl2N2O4/c16-10-2-1-3-11(17)13(10)15(22)23-8-12(20)19-6-4-9(5-7-19)14(18)21/h1-3,9H,4-8H2,(H2,18,21). The van der Waals surface area contributed by atoms with Gasteiger partial charge >= 0.3 is 5.97 Å². The quantitative estimate of drug-likeness (QED) is 0.832. The van der Waals surface area contributed by atoms with Crippen LogP contribution in [0.1, 0.15) is 23.2 Å². The molecule has 6 nitrogen and oxygen atoms in total. The fourth-order valence-electron chi connectivity index (χ4n) is 2.40. The molecule has 8 heteroatoms. The lowest BCUT2D eigenvalue weighted by atomic mass is 9.96. The summed E-state index contributed by atoms with van der Waals surface area (Å²) in [5, 5.41) is 0.328. The second kappa shape index (κ2) is 7.66. The normalized spacial score (nSPS) is 15.3. The van der Waals surface area contributed by atoms with Crippen molar-refractivity contribution in [3.8, 4) is 0 Å². The third kappa shape index (κ3) is 4.36. The third-order valence-electron chi connectivity index (χ3n) is 3.74. The second-order valence-electron chi connectivity index (χ2n) is 5.23. The van der Waals surface area contributed by atoms with Crippen LogP contribution in [0.5, 0.6) is 0 Å². The number of nitrogens with two attached hydrogens (primary N) is 1. The minimum Gasteiger partial charge on any atom is -0.452 e. The maximum Gasteiger partial charge on any atom is 0.341 e. The van der Waals surface area contributed by atoms with Crippen molar-refractivity contribution in [3.63, 3.8) is 0 Å². The first kappa shape index (κ1) is 17.6. The molecular weight excluding hydrogens is 343 g/mol. The Balaban J connectivity index is 1.88. The number of nitrogens with zero attached hydrogens (tertiary/aromatic N) is 1. The van der Waals surface area contributed by atoms with Crippen LogP contribution in [-0.4, -0.2) is 42.4 Å². The van der Waals surface area contributed by atoms with E-state index in [1.807, 2.05) is 0 Å². The number of rotatable bonds is 4. The SMILES string of the molecule is NC(=O)C1CCN(C(=O)COC(=O)c2c(Cl)cccc2Cl)CC1. The number of halogens is 2. The number of amides is 2. The van der Waals surface area contributed by atoms with Crippen molar-refractivity contribution in [3.05, 3.63) is 33.8 Å². The molecule has 0 aliphatic carbocycles. The van der Waals surface area contributed by atoms with Gasteiger partial charge in [0.25, 0.3) is 5.91 Å². The van der Waals surface area contributed by atoms with Crippen molar-refractivity contribution in [2.24, 2.45) is 11.7 Å². The first-order chi connectivity index (χ1) is 10.9. The molecule has 0 saturated carbocycles. The highest BCUT2D eigenvalue weighted by Gasteiger charge is 2.26. The van der Waals surface area contributed by atoms with Gasteiger partial charge in [-0.05, 0) is 25.0 Å². The molecule has 0 radical (unpaired) electrons. The Kier molecular flexibility index (Phi) is 5.85. The van der Waals surface area contributed by atoms with E-state index in [1.165, 1.54) is 12.1 Å². The lowest BCUT2D eigenvalue weighted by molar-refractivity contribution is -0.137. The van der Waals surface area contributed by atoms with Crippen LogP contribution in [0.2, 0.25) is 10.0 Å². The van der Waals surface area contributed by atoms with Crippen molar-refractivity contribution >= 4 is 41.0 Å².